The van der Waals surface area contributed by atoms with Crippen molar-refractivity contribution in [3.63, 3.8) is 0 Å². The molecule has 38 heavy (non-hydrogen) atoms. The maximum Gasteiger partial charge on any atom is 0.326 e. The molecule has 1 aromatic carbocycles. The molecule has 0 fully saturated rings. The summed E-state index contributed by atoms with van der Waals surface area (Å²) in [5, 5.41) is 16.8. The second-order valence-corrected chi connectivity index (χ2v) is 9.46. The highest BCUT2D eigenvalue weighted by atomic mass is 16.4. The molecule has 5 amide bonds. The van der Waals surface area contributed by atoms with E-state index in [-0.39, 0.29) is 44.4 Å². The van der Waals surface area contributed by atoms with E-state index in [1.165, 1.54) is 0 Å². The molecule has 4 atom stereocenters. The van der Waals surface area contributed by atoms with Gasteiger partial charge in [-0.1, -0.05) is 44.2 Å². The number of carbonyl (C=O) groups excluding carboxylic acids is 5. The summed E-state index contributed by atoms with van der Waals surface area (Å²) in [6, 6.07) is 4.23. The third-order valence-electron chi connectivity index (χ3n) is 5.58. The van der Waals surface area contributed by atoms with Gasteiger partial charge in [0.25, 0.3) is 0 Å². The maximum atomic E-state index is 13.1. The second-order valence-electron chi connectivity index (χ2n) is 9.46. The van der Waals surface area contributed by atoms with Crippen molar-refractivity contribution in [1.29, 1.82) is 0 Å². The number of primary amides is 2. The number of nitrogens with two attached hydrogens (primary N) is 3. The molecular weight excluding hydrogens is 496 g/mol. The Balaban J connectivity index is 2.99. The highest BCUT2D eigenvalue weighted by Crippen LogP contribution is 2.09. The van der Waals surface area contributed by atoms with Gasteiger partial charge in [-0.3, -0.25) is 24.0 Å². The van der Waals surface area contributed by atoms with E-state index < -0.39 is 59.7 Å². The largest absolute Gasteiger partial charge is 0.480 e. The van der Waals surface area contributed by atoms with Crippen LogP contribution in [0.25, 0.3) is 0 Å². The van der Waals surface area contributed by atoms with Crippen molar-refractivity contribution < 1.29 is 33.9 Å². The Labute approximate surface area is 221 Å². The minimum absolute atomic E-state index is 0.0853. The zero-order chi connectivity index (χ0) is 28.8. The number of amides is 5. The van der Waals surface area contributed by atoms with E-state index in [9.17, 15) is 33.9 Å². The van der Waals surface area contributed by atoms with Crippen LogP contribution in [-0.4, -0.2) is 64.8 Å². The summed E-state index contributed by atoms with van der Waals surface area (Å²) < 4.78 is 0. The number of nitrogens with one attached hydrogen (secondary N) is 3. The van der Waals surface area contributed by atoms with Gasteiger partial charge in [0.05, 0.1) is 6.04 Å². The molecule has 210 valence electrons. The lowest BCUT2D eigenvalue weighted by atomic mass is 10.0. The second kappa shape index (κ2) is 16.0. The van der Waals surface area contributed by atoms with Crippen molar-refractivity contribution in [3.8, 4) is 0 Å². The fraction of sp³-hybridized carbons (Fsp3) is 0.520. The van der Waals surface area contributed by atoms with Crippen LogP contribution in [0.3, 0.4) is 0 Å². The van der Waals surface area contributed by atoms with Crippen LogP contribution in [0.2, 0.25) is 0 Å². The number of rotatable bonds is 17. The van der Waals surface area contributed by atoms with Gasteiger partial charge in [-0.25, -0.2) is 4.79 Å². The van der Waals surface area contributed by atoms with Gasteiger partial charge in [0.15, 0.2) is 0 Å². The maximum absolute atomic E-state index is 13.1. The zero-order valence-electron chi connectivity index (χ0n) is 21.6. The summed E-state index contributed by atoms with van der Waals surface area (Å²) in [5.74, 6) is -5.07. The van der Waals surface area contributed by atoms with E-state index in [4.69, 9.17) is 17.2 Å². The molecule has 0 aliphatic heterocycles. The first-order valence-electron chi connectivity index (χ1n) is 12.3. The first kappa shape index (κ1) is 32.0. The summed E-state index contributed by atoms with van der Waals surface area (Å²) in [7, 11) is 0. The summed E-state index contributed by atoms with van der Waals surface area (Å²) in [4.78, 5) is 72.7. The van der Waals surface area contributed by atoms with Crippen molar-refractivity contribution in [2.45, 2.75) is 76.5 Å². The molecule has 13 heteroatoms. The lowest BCUT2D eigenvalue weighted by Gasteiger charge is -2.26. The molecular formula is C25H38N6O7. The Bertz CT molecular complexity index is 986. The third kappa shape index (κ3) is 12.3. The SMILES string of the molecule is CC(C)CC(NC(=O)C(CCC(N)=O)NC(=O)C(N)Cc1ccccc1)C(=O)NC(CCC(N)=O)C(=O)O. The summed E-state index contributed by atoms with van der Waals surface area (Å²) in [6.45, 7) is 3.59. The fourth-order valence-electron chi connectivity index (χ4n) is 3.59. The van der Waals surface area contributed by atoms with Gasteiger partial charge in [-0.15, -0.1) is 0 Å². The van der Waals surface area contributed by atoms with Gasteiger partial charge in [0.1, 0.15) is 18.1 Å². The molecule has 0 spiro atoms. The molecule has 1 rings (SSSR count). The summed E-state index contributed by atoms with van der Waals surface area (Å²) in [6.07, 6.45) is -0.502. The van der Waals surface area contributed by atoms with Crippen molar-refractivity contribution in [2.75, 3.05) is 0 Å². The van der Waals surface area contributed by atoms with Crippen molar-refractivity contribution >= 4 is 35.5 Å². The first-order valence-corrected chi connectivity index (χ1v) is 12.3. The predicted octanol–water partition coefficient (Wildman–Crippen LogP) is -1.33. The molecule has 0 heterocycles. The number of hydrogen-bond acceptors (Lipinski definition) is 7. The van der Waals surface area contributed by atoms with E-state index in [0.29, 0.717) is 0 Å². The average molecular weight is 535 g/mol. The van der Waals surface area contributed by atoms with Gasteiger partial charge in [0, 0.05) is 12.8 Å². The van der Waals surface area contributed by atoms with Crippen LogP contribution >= 0.6 is 0 Å². The zero-order valence-corrected chi connectivity index (χ0v) is 21.6. The Kier molecular flexibility index (Phi) is 13.5. The molecule has 0 radical (unpaired) electrons. The van der Waals surface area contributed by atoms with Crippen LogP contribution in [0, 0.1) is 5.92 Å². The monoisotopic (exact) mass is 534 g/mol. The van der Waals surface area contributed by atoms with Crippen LogP contribution in [0.4, 0.5) is 0 Å². The molecule has 0 saturated heterocycles. The van der Waals surface area contributed by atoms with E-state index >= 15 is 0 Å². The summed E-state index contributed by atoms with van der Waals surface area (Å²) >= 11 is 0. The number of hydrogen-bond donors (Lipinski definition) is 7. The smallest absolute Gasteiger partial charge is 0.326 e. The molecule has 0 saturated carbocycles. The fourth-order valence-corrected chi connectivity index (χ4v) is 3.59. The lowest BCUT2D eigenvalue weighted by Crippen LogP contribution is -2.57. The van der Waals surface area contributed by atoms with Crippen LogP contribution in [0.1, 0.15) is 51.5 Å². The number of benzene rings is 1. The standard InChI is InChI=1S/C25H38N6O7/c1-14(2)12-19(24(36)30-18(25(37)38)9-11-21(28)33)31-23(35)17(8-10-20(27)32)29-22(34)16(26)13-15-6-4-3-5-7-15/h3-7,14,16-19H,8-13,26H2,1-2H3,(H2,27,32)(H2,28,33)(H,29,34)(H,30,36)(H,31,35)(H,37,38). The number of carboxylic acid groups (broad SMARTS) is 1. The van der Waals surface area contributed by atoms with Gasteiger partial charge in [-0.2, -0.15) is 0 Å². The molecule has 1 aromatic rings. The number of aliphatic carboxylic acids is 1. The highest BCUT2D eigenvalue weighted by molar-refractivity contribution is 5.94. The van der Waals surface area contributed by atoms with Crippen molar-refractivity contribution in [1.82, 2.24) is 16.0 Å². The lowest BCUT2D eigenvalue weighted by molar-refractivity contribution is -0.142. The van der Waals surface area contributed by atoms with Gasteiger partial charge >= 0.3 is 5.97 Å². The van der Waals surface area contributed by atoms with Crippen LogP contribution < -0.4 is 33.2 Å². The Morgan fingerprint density at radius 3 is 1.74 bits per heavy atom. The van der Waals surface area contributed by atoms with Crippen molar-refractivity contribution in [2.24, 2.45) is 23.1 Å². The molecule has 0 aliphatic carbocycles. The van der Waals surface area contributed by atoms with Crippen LogP contribution in [0.15, 0.2) is 30.3 Å². The molecule has 0 bridgehead atoms. The summed E-state index contributed by atoms with van der Waals surface area (Å²) in [5.41, 5.74) is 17.1. The van der Waals surface area contributed by atoms with E-state index in [1.807, 2.05) is 6.07 Å². The molecule has 13 nitrogen and oxygen atoms in total. The predicted molar refractivity (Wildman–Crippen MR) is 138 cm³/mol. The molecule has 4 unspecified atom stereocenters. The van der Waals surface area contributed by atoms with E-state index in [1.54, 1.807) is 38.1 Å². The van der Waals surface area contributed by atoms with E-state index in [0.717, 1.165) is 5.56 Å². The van der Waals surface area contributed by atoms with E-state index in [2.05, 4.69) is 16.0 Å². The molecule has 10 N–H and O–H groups in total. The molecule has 0 aromatic heterocycles. The quantitative estimate of drug-likeness (QED) is 0.126. The minimum atomic E-state index is -1.40. The number of carboxylic acids is 1. The minimum Gasteiger partial charge on any atom is -0.480 e. The molecule has 0 aliphatic rings. The highest BCUT2D eigenvalue weighted by Gasteiger charge is 2.31. The topological polar surface area (TPSA) is 237 Å². The first-order chi connectivity index (χ1) is 17.8. The number of carbonyl (C=O) groups is 6. The Hall–Kier alpha value is -4.00. The van der Waals surface area contributed by atoms with Gasteiger partial charge < -0.3 is 38.3 Å². The Morgan fingerprint density at radius 1 is 0.763 bits per heavy atom. The van der Waals surface area contributed by atoms with Crippen LogP contribution in [0.5, 0.6) is 0 Å². The Morgan fingerprint density at radius 2 is 1.24 bits per heavy atom. The average Bonchev–Trinajstić information content (AvgIpc) is 2.83. The third-order valence-corrected chi connectivity index (χ3v) is 5.58. The normalized spacial score (nSPS) is 14.0. The van der Waals surface area contributed by atoms with Gasteiger partial charge in [0.2, 0.25) is 29.5 Å². The van der Waals surface area contributed by atoms with Gasteiger partial charge in [-0.05, 0) is 37.2 Å². The van der Waals surface area contributed by atoms with Crippen molar-refractivity contribution in [3.05, 3.63) is 35.9 Å². The van der Waals surface area contributed by atoms with Crippen LogP contribution in [-0.2, 0) is 35.2 Å².